The Bertz CT molecular complexity index is 336. The Morgan fingerprint density at radius 2 is 1.75 bits per heavy atom. The Morgan fingerprint density at radius 1 is 1.17 bits per heavy atom. The molecule has 6 N–H and O–H groups in total. The van der Waals surface area contributed by atoms with Gasteiger partial charge in [0.2, 0.25) is 5.75 Å². The molecule has 0 spiro atoms. The number of hydrogen-bond acceptors (Lipinski definition) is 4. The maximum Gasteiger partial charge on any atom is 0.201 e. The van der Waals surface area contributed by atoms with Crippen molar-refractivity contribution < 1.29 is 15.3 Å². The molecule has 5 heteroatoms. The molecule has 0 saturated carbocycles. The second-order valence-corrected chi connectivity index (χ2v) is 2.24. The maximum absolute atomic E-state index is 9.12. The van der Waals surface area contributed by atoms with Gasteiger partial charge in [-0.25, -0.2) is 0 Å². The molecule has 0 heterocycles. The van der Waals surface area contributed by atoms with Gasteiger partial charge in [-0.15, -0.1) is 0 Å². The first-order chi connectivity index (χ1) is 5.54. The topological polar surface area (TPSA) is 111 Å². The fraction of sp³-hybridized carbons (Fsp3) is 0. The third-order valence-corrected chi connectivity index (χ3v) is 1.42. The van der Waals surface area contributed by atoms with Crippen LogP contribution >= 0.6 is 0 Å². The molecule has 0 atom stereocenters. The molecular formula is C7H8N2O3. The first-order valence-electron chi connectivity index (χ1n) is 3.12. The molecule has 0 aliphatic carbocycles. The summed E-state index contributed by atoms with van der Waals surface area (Å²) in [5, 5.41) is 34.0. The van der Waals surface area contributed by atoms with Gasteiger partial charge in [0.15, 0.2) is 11.5 Å². The van der Waals surface area contributed by atoms with E-state index in [9.17, 15) is 0 Å². The van der Waals surface area contributed by atoms with E-state index in [1.165, 1.54) is 6.07 Å². The lowest BCUT2D eigenvalue weighted by molar-refractivity contribution is 0.367. The maximum atomic E-state index is 9.12. The van der Waals surface area contributed by atoms with Crippen molar-refractivity contribution in [2.45, 2.75) is 0 Å². The monoisotopic (exact) mass is 168 g/mol. The third-order valence-electron chi connectivity index (χ3n) is 1.42. The van der Waals surface area contributed by atoms with E-state index in [-0.39, 0.29) is 11.4 Å². The second kappa shape index (κ2) is 2.61. The standard InChI is InChI=1S/C7H8N2O3/c8-7(9)3-1-2-4(10)6(12)5(3)11/h1-2,10-12H,(H3,8,9). The SMILES string of the molecule is N=C(N)c1ccc(O)c(O)c1O. The number of amidine groups is 1. The number of nitrogen functional groups attached to an aromatic ring is 1. The Hall–Kier alpha value is -1.91. The highest BCUT2D eigenvalue weighted by Crippen LogP contribution is 2.36. The molecule has 0 saturated heterocycles. The van der Waals surface area contributed by atoms with Gasteiger partial charge in [0, 0.05) is 0 Å². The molecule has 5 nitrogen and oxygen atoms in total. The number of phenolic OH excluding ortho intramolecular Hbond substituents is 3. The Labute approximate surface area is 68.2 Å². The molecule has 0 unspecified atom stereocenters. The summed E-state index contributed by atoms with van der Waals surface area (Å²) in [5.41, 5.74) is 5.06. The molecule has 1 aromatic rings. The van der Waals surface area contributed by atoms with Gasteiger partial charge in [-0.3, -0.25) is 5.41 Å². The zero-order valence-corrected chi connectivity index (χ0v) is 6.07. The van der Waals surface area contributed by atoms with Crippen LogP contribution in [-0.2, 0) is 0 Å². The lowest BCUT2D eigenvalue weighted by Gasteiger charge is -2.04. The highest BCUT2D eigenvalue weighted by molar-refractivity contribution is 5.98. The molecule has 12 heavy (non-hydrogen) atoms. The van der Waals surface area contributed by atoms with Gasteiger partial charge < -0.3 is 21.1 Å². The van der Waals surface area contributed by atoms with Crippen LogP contribution in [-0.4, -0.2) is 21.2 Å². The summed E-state index contributed by atoms with van der Waals surface area (Å²) in [7, 11) is 0. The van der Waals surface area contributed by atoms with Crippen molar-refractivity contribution in [3.05, 3.63) is 17.7 Å². The van der Waals surface area contributed by atoms with E-state index in [4.69, 9.17) is 26.5 Å². The zero-order chi connectivity index (χ0) is 9.30. The van der Waals surface area contributed by atoms with Crippen LogP contribution in [0.3, 0.4) is 0 Å². The van der Waals surface area contributed by atoms with Gasteiger partial charge in [0.1, 0.15) is 5.84 Å². The fourth-order valence-corrected chi connectivity index (χ4v) is 0.786. The Kier molecular flexibility index (Phi) is 1.78. The summed E-state index contributed by atoms with van der Waals surface area (Å²) in [6.45, 7) is 0. The van der Waals surface area contributed by atoms with Crippen LogP contribution < -0.4 is 5.73 Å². The summed E-state index contributed by atoms with van der Waals surface area (Å²) in [4.78, 5) is 0. The first kappa shape index (κ1) is 8.19. The minimum absolute atomic E-state index is 0.00898. The van der Waals surface area contributed by atoms with Crippen LogP contribution in [0, 0.1) is 5.41 Å². The van der Waals surface area contributed by atoms with Crippen molar-refractivity contribution in [3.63, 3.8) is 0 Å². The van der Waals surface area contributed by atoms with Crippen molar-refractivity contribution in [3.8, 4) is 17.2 Å². The molecule has 0 radical (unpaired) electrons. The van der Waals surface area contributed by atoms with Crippen LogP contribution in [0.4, 0.5) is 0 Å². The average molecular weight is 168 g/mol. The van der Waals surface area contributed by atoms with Crippen molar-refractivity contribution in [1.29, 1.82) is 5.41 Å². The fourth-order valence-electron chi connectivity index (χ4n) is 0.786. The van der Waals surface area contributed by atoms with Crippen LogP contribution in [0.2, 0.25) is 0 Å². The summed E-state index contributed by atoms with van der Waals surface area (Å²) in [6.07, 6.45) is 0. The summed E-state index contributed by atoms with van der Waals surface area (Å²) < 4.78 is 0. The molecule has 64 valence electrons. The van der Waals surface area contributed by atoms with Crippen molar-refractivity contribution >= 4 is 5.84 Å². The van der Waals surface area contributed by atoms with Crippen LogP contribution in [0.1, 0.15) is 5.56 Å². The van der Waals surface area contributed by atoms with Gasteiger partial charge in [0.05, 0.1) is 5.56 Å². The van der Waals surface area contributed by atoms with Crippen molar-refractivity contribution in [2.75, 3.05) is 0 Å². The Morgan fingerprint density at radius 3 is 2.25 bits per heavy atom. The molecule has 1 aromatic carbocycles. The number of benzene rings is 1. The lowest BCUT2D eigenvalue weighted by Crippen LogP contribution is -2.10. The minimum Gasteiger partial charge on any atom is -0.504 e. The molecule has 0 amide bonds. The van der Waals surface area contributed by atoms with Crippen molar-refractivity contribution in [1.82, 2.24) is 0 Å². The number of hydrogen-bond donors (Lipinski definition) is 5. The number of aromatic hydroxyl groups is 3. The molecule has 0 aromatic heterocycles. The normalized spacial score (nSPS) is 9.67. The number of nitrogens with two attached hydrogens (primary N) is 1. The highest BCUT2D eigenvalue weighted by Gasteiger charge is 2.11. The van der Waals surface area contributed by atoms with Gasteiger partial charge >= 0.3 is 0 Å². The van der Waals surface area contributed by atoms with Crippen molar-refractivity contribution in [2.24, 2.45) is 5.73 Å². The molecule has 1 rings (SSSR count). The van der Waals surface area contributed by atoms with E-state index in [2.05, 4.69) is 0 Å². The molecule has 0 aliphatic rings. The first-order valence-corrected chi connectivity index (χ1v) is 3.12. The molecule has 0 bridgehead atoms. The van der Waals surface area contributed by atoms with E-state index in [1.54, 1.807) is 0 Å². The van der Waals surface area contributed by atoms with Gasteiger partial charge in [0.25, 0.3) is 0 Å². The molecule has 0 fully saturated rings. The predicted octanol–water partition coefficient (Wildman–Crippen LogP) is 0.0875. The summed E-state index contributed by atoms with van der Waals surface area (Å²) in [6, 6.07) is 2.39. The van der Waals surface area contributed by atoms with Crippen LogP contribution in [0.15, 0.2) is 12.1 Å². The number of phenols is 3. The smallest absolute Gasteiger partial charge is 0.201 e. The van der Waals surface area contributed by atoms with Gasteiger partial charge in [-0.05, 0) is 12.1 Å². The lowest BCUT2D eigenvalue weighted by atomic mass is 10.1. The number of rotatable bonds is 1. The van der Waals surface area contributed by atoms with E-state index < -0.39 is 17.2 Å². The largest absolute Gasteiger partial charge is 0.504 e. The van der Waals surface area contributed by atoms with E-state index in [0.29, 0.717) is 0 Å². The third kappa shape index (κ3) is 1.12. The second-order valence-electron chi connectivity index (χ2n) is 2.24. The van der Waals surface area contributed by atoms with Crippen LogP contribution in [0.25, 0.3) is 0 Å². The van der Waals surface area contributed by atoms with E-state index >= 15 is 0 Å². The highest BCUT2D eigenvalue weighted by atomic mass is 16.3. The van der Waals surface area contributed by atoms with E-state index in [0.717, 1.165) is 6.07 Å². The molecular weight excluding hydrogens is 160 g/mol. The zero-order valence-electron chi connectivity index (χ0n) is 6.07. The van der Waals surface area contributed by atoms with Crippen LogP contribution in [0.5, 0.6) is 17.2 Å². The average Bonchev–Trinajstić information content (AvgIpc) is 2.00. The summed E-state index contributed by atoms with van der Waals surface area (Å²) >= 11 is 0. The molecule has 0 aliphatic heterocycles. The predicted molar refractivity (Wildman–Crippen MR) is 42.5 cm³/mol. The van der Waals surface area contributed by atoms with Gasteiger partial charge in [-0.2, -0.15) is 0 Å². The van der Waals surface area contributed by atoms with E-state index in [1.807, 2.05) is 0 Å². The van der Waals surface area contributed by atoms with Gasteiger partial charge in [-0.1, -0.05) is 0 Å². The number of nitrogens with one attached hydrogen (secondary N) is 1. The summed E-state index contributed by atoms with van der Waals surface area (Å²) in [5.74, 6) is -2.06. The quantitative estimate of drug-likeness (QED) is 0.232. The Balaban J connectivity index is 3.36. The minimum atomic E-state index is -0.664.